The fourth-order valence-corrected chi connectivity index (χ4v) is 2.72. The Morgan fingerprint density at radius 3 is 2.60 bits per heavy atom. The van der Waals surface area contributed by atoms with Gasteiger partial charge in [-0.15, -0.1) is 0 Å². The normalized spacial score (nSPS) is 10.1. The average Bonchev–Trinajstić information content (AvgIpc) is 2.73. The molecule has 0 bridgehead atoms. The lowest BCUT2D eigenvalue weighted by molar-refractivity contribution is -0.123. The van der Waals surface area contributed by atoms with Gasteiger partial charge < -0.3 is 9.47 Å². The first-order chi connectivity index (χ1) is 14.4. The van der Waals surface area contributed by atoms with E-state index < -0.39 is 11.8 Å². The zero-order valence-corrected chi connectivity index (χ0v) is 19.2. The van der Waals surface area contributed by atoms with Crippen molar-refractivity contribution < 1.29 is 19.1 Å². The summed E-state index contributed by atoms with van der Waals surface area (Å²) >= 11 is 8.47. The molecule has 0 aliphatic carbocycles. The number of rotatable bonds is 8. The van der Waals surface area contributed by atoms with Gasteiger partial charge in [-0.3, -0.25) is 25.8 Å². The number of thiocarbonyl (C=S) groups is 1. The van der Waals surface area contributed by atoms with E-state index in [0.717, 1.165) is 22.9 Å². The predicted octanol–water partition coefficient (Wildman–Crippen LogP) is 3.65. The number of carbonyl (C=O) groups is 2. The molecule has 0 saturated heterocycles. The van der Waals surface area contributed by atoms with E-state index in [0.29, 0.717) is 23.7 Å². The molecule has 0 fully saturated rings. The van der Waals surface area contributed by atoms with Gasteiger partial charge >= 0.3 is 0 Å². The summed E-state index contributed by atoms with van der Waals surface area (Å²) < 4.78 is 12.0. The van der Waals surface area contributed by atoms with Crippen molar-refractivity contribution in [1.82, 2.24) is 16.2 Å². The van der Waals surface area contributed by atoms with Crippen molar-refractivity contribution in [3.63, 3.8) is 0 Å². The fourth-order valence-electron chi connectivity index (χ4n) is 2.33. The molecular formula is C21H24BrN3O4S. The van der Waals surface area contributed by atoms with Crippen LogP contribution in [0.2, 0.25) is 0 Å². The van der Waals surface area contributed by atoms with Crippen molar-refractivity contribution in [3.8, 4) is 11.5 Å². The maximum absolute atomic E-state index is 12.5. The quantitative estimate of drug-likeness (QED) is 0.295. The topological polar surface area (TPSA) is 88.7 Å². The molecule has 2 aromatic carbocycles. The molecule has 7 nitrogen and oxygen atoms in total. The highest BCUT2D eigenvalue weighted by atomic mass is 79.9. The predicted molar refractivity (Wildman–Crippen MR) is 123 cm³/mol. The number of amides is 2. The van der Waals surface area contributed by atoms with Gasteiger partial charge in [-0.05, 0) is 61.5 Å². The van der Waals surface area contributed by atoms with Crippen LogP contribution in [0.15, 0.2) is 46.9 Å². The highest BCUT2D eigenvalue weighted by molar-refractivity contribution is 9.10. The summed E-state index contributed by atoms with van der Waals surface area (Å²) in [6, 6.07) is 12.3. The molecule has 0 unspecified atom stereocenters. The number of ether oxygens (including phenoxy) is 2. The van der Waals surface area contributed by atoms with E-state index >= 15 is 0 Å². The second-order valence-electron chi connectivity index (χ2n) is 6.35. The summed E-state index contributed by atoms with van der Waals surface area (Å²) in [5.74, 6) is 0.167. The minimum Gasteiger partial charge on any atom is -0.493 e. The van der Waals surface area contributed by atoms with Crippen LogP contribution in [0.5, 0.6) is 11.5 Å². The smallest absolute Gasteiger partial charge is 0.276 e. The van der Waals surface area contributed by atoms with Crippen LogP contribution in [0.1, 0.15) is 35.7 Å². The van der Waals surface area contributed by atoms with Crippen LogP contribution < -0.4 is 25.6 Å². The Labute approximate surface area is 189 Å². The number of aryl methyl sites for hydroxylation is 1. The number of hydrogen-bond donors (Lipinski definition) is 3. The average molecular weight is 494 g/mol. The lowest BCUT2D eigenvalue weighted by Crippen LogP contribution is -2.49. The largest absolute Gasteiger partial charge is 0.493 e. The summed E-state index contributed by atoms with van der Waals surface area (Å²) in [4.78, 5) is 24.4. The third-order valence-corrected chi connectivity index (χ3v) is 5.02. The standard InChI is InChI=1S/C21H24BrN3O4S/c1-3-4-11-28-18-8-6-5-7-16(18)20(27)23-21(30)25-24-19(26)13-29-15-9-10-17(22)14(2)12-15/h5-10,12H,3-4,11,13H2,1-2H3,(H,24,26)(H2,23,25,27,30). The molecule has 30 heavy (non-hydrogen) atoms. The van der Waals surface area contributed by atoms with Gasteiger partial charge in [0.05, 0.1) is 12.2 Å². The molecule has 0 aromatic heterocycles. The number of halogens is 1. The van der Waals surface area contributed by atoms with E-state index in [9.17, 15) is 9.59 Å². The first kappa shape index (κ1) is 23.6. The third kappa shape index (κ3) is 7.64. The fraction of sp³-hybridized carbons (Fsp3) is 0.286. The lowest BCUT2D eigenvalue weighted by atomic mass is 10.2. The third-order valence-electron chi connectivity index (χ3n) is 3.93. The van der Waals surface area contributed by atoms with Gasteiger partial charge in [-0.1, -0.05) is 41.4 Å². The van der Waals surface area contributed by atoms with Crippen LogP contribution in [0.3, 0.4) is 0 Å². The van der Waals surface area contributed by atoms with Gasteiger partial charge in [0.2, 0.25) is 0 Å². The Balaban J connectivity index is 1.79. The molecule has 0 aliphatic heterocycles. The minimum atomic E-state index is -0.449. The molecule has 0 spiro atoms. The Morgan fingerprint density at radius 1 is 1.10 bits per heavy atom. The molecule has 0 aliphatic rings. The Kier molecular flexibility index (Phi) is 9.56. The number of unbranched alkanes of at least 4 members (excludes halogenated alkanes) is 1. The summed E-state index contributed by atoms with van der Waals surface area (Å²) in [5.41, 5.74) is 6.22. The van der Waals surface area contributed by atoms with E-state index in [4.69, 9.17) is 21.7 Å². The summed E-state index contributed by atoms with van der Waals surface area (Å²) in [6.07, 6.45) is 1.89. The molecule has 2 rings (SSSR count). The maximum atomic E-state index is 12.5. The first-order valence-corrected chi connectivity index (χ1v) is 10.6. The summed E-state index contributed by atoms with van der Waals surface area (Å²) in [6.45, 7) is 4.30. The molecule has 2 amide bonds. The highest BCUT2D eigenvalue weighted by Gasteiger charge is 2.14. The first-order valence-electron chi connectivity index (χ1n) is 9.41. The van der Waals surface area contributed by atoms with Gasteiger partial charge in [0.25, 0.3) is 11.8 Å². The number of hydrazine groups is 1. The summed E-state index contributed by atoms with van der Waals surface area (Å²) in [5, 5.41) is 2.47. The number of carbonyl (C=O) groups excluding carboxylic acids is 2. The van der Waals surface area contributed by atoms with Gasteiger partial charge in [-0.25, -0.2) is 0 Å². The second kappa shape index (κ2) is 12.1. The van der Waals surface area contributed by atoms with Crippen LogP contribution in [0, 0.1) is 6.92 Å². The Morgan fingerprint density at radius 2 is 1.87 bits per heavy atom. The van der Waals surface area contributed by atoms with Crippen molar-refractivity contribution in [2.45, 2.75) is 26.7 Å². The molecule has 160 valence electrons. The van der Waals surface area contributed by atoms with Crippen LogP contribution >= 0.6 is 28.1 Å². The van der Waals surface area contributed by atoms with Crippen LogP contribution in [-0.4, -0.2) is 30.1 Å². The van der Waals surface area contributed by atoms with Crippen LogP contribution in [0.4, 0.5) is 0 Å². The summed E-state index contributed by atoms with van der Waals surface area (Å²) in [7, 11) is 0. The molecule has 0 heterocycles. The van der Waals surface area contributed by atoms with Crippen molar-refractivity contribution >= 4 is 45.1 Å². The Hall–Kier alpha value is -2.65. The van der Waals surface area contributed by atoms with E-state index in [2.05, 4.69) is 39.0 Å². The van der Waals surface area contributed by atoms with E-state index in [1.807, 2.05) is 19.1 Å². The van der Waals surface area contributed by atoms with Crippen LogP contribution in [-0.2, 0) is 4.79 Å². The SMILES string of the molecule is CCCCOc1ccccc1C(=O)NC(=S)NNC(=O)COc1ccc(Br)c(C)c1. The minimum absolute atomic E-state index is 0.0452. The van der Waals surface area contributed by atoms with Crippen molar-refractivity contribution in [2.24, 2.45) is 0 Å². The van der Waals surface area contributed by atoms with Crippen LogP contribution in [0.25, 0.3) is 0 Å². The lowest BCUT2D eigenvalue weighted by Gasteiger charge is -2.13. The molecule has 2 aromatic rings. The van der Waals surface area contributed by atoms with Crippen molar-refractivity contribution in [3.05, 3.63) is 58.1 Å². The number of benzene rings is 2. The highest BCUT2D eigenvalue weighted by Crippen LogP contribution is 2.21. The Bertz CT molecular complexity index is 908. The monoisotopic (exact) mass is 493 g/mol. The zero-order chi connectivity index (χ0) is 21.9. The van der Waals surface area contributed by atoms with Crippen molar-refractivity contribution in [2.75, 3.05) is 13.2 Å². The molecule has 0 saturated carbocycles. The van der Waals surface area contributed by atoms with Gasteiger partial charge in [0, 0.05) is 4.47 Å². The van der Waals surface area contributed by atoms with E-state index in [-0.39, 0.29) is 11.7 Å². The molecule has 9 heteroatoms. The molecule has 0 radical (unpaired) electrons. The number of para-hydroxylation sites is 1. The zero-order valence-electron chi connectivity index (χ0n) is 16.8. The van der Waals surface area contributed by atoms with Gasteiger partial charge in [-0.2, -0.15) is 0 Å². The van der Waals surface area contributed by atoms with Gasteiger partial charge in [0.15, 0.2) is 11.7 Å². The molecule has 0 atom stereocenters. The second-order valence-corrected chi connectivity index (χ2v) is 7.62. The molecule has 3 N–H and O–H groups in total. The number of hydrogen-bond acceptors (Lipinski definition) is 5. The number of nitrogens with one attached hydrogen (secondary N) is 3. The van der Waals surface area contributed by atoms with Gasteiger partial charge in [0.1, 0.15) is 11.5 Å². The van der Waals surface area contributed by atoms with E-state index in [1.54, 1.807) is 30.3 Å². The molecular weight excluding hydrogens is 470 g/mol. The van der Waals surface area contributed by atoms with Crippen molar-refractivity contribution in [1.29, 1.82) is 0 Å². The van der Waals surface area contributed by atoms with E-state index in [1.165, 1.54) is 0 Å². The maximum Gasteiger partial charge on any atom is 0.276 e.